The largest absolute Gasteiger partial charge is 0.452 e. The van der Waals surface area contributed by atoms with Crippen molar-refractivity contribution >= 4 is 87.0 Å². The predicted octanol–water partition coefficient (Wildman–Crippen LogP) is 16.7. The van der Waals surface area contributed by atoms with Crippen LogP contribution in [0.2, 0.25) is 0 Å². The zero-order chi connectivity index (χ0) is 38.7. The summed E-state index contributed by atoms with van der Waals surface area (Å²) in [6.45, 7) is 4.00. The maximum atomic E-state index is 6.50. The van der Waals surface area contributed by atoms with E-state index in [1.165, 1.54) is 70.9 Å². The van der Waals surface area contributed by atoms with Crippen LogP contribution in [-0.4, -0.2) is 0 Å². The van der Waals surface area contributed by atoms with Crippen LogP contribution in [0.5, 0.6) is 0 Å². The Bertz CT molecular complexity index is 3530. The van der Waals surface area contributed by atoms with Crippen molar-refractivity contribution in [2.24, 2.45) is 0 Å². The van der Waals surface area contributed by atoms with E-state index in [0.717, 1.165) is 49.4 Å². The van der Waals surface area contributed by atoms with Gasteiger partial charge in [0.2, 0.25) is 0 Å². The van der Waals surface area contributed by atoms with Gasteiger partial charge in [-0.05, 0) is 127 Å². The lowest BCUT2D eigenvalue weighted by Crippen LogP contribution is -1.92. The molecule has 0 fully saturated rings. The van der Waals surface area contributed by atoms with Gasteiger partial charge in [-0.1, -0.05) is 158 Å². The first-order chi connectivity index (χ1) is 28.7. The summed E-state index contributed by atoms with van der Waals surface area (Å²) in [6.07, 6.45) is 4.00. The molecule has 12 aromatic rings. The number of furan rings is 2. The average Bonchev–Trinajstić information content (AvgIpc) is 3.86. The van der Waals surface area contributed by atoms with Gasteiger partial charge in [-0.25, -0.2) is 0 Å². The number of benzene rings is 10. The van der Waals surface area contributed by atoms with Crippen molar-refractivity contribution in [1.29, 1.82) is 0 Å². The molecule has 0 saturated carbocycles. The summed E-state index contributed by atoms with van der Waals surface area (Å²) < 4.78 is 12.8. The Labute approximate surface area is 335 Å². The molecule has 2 nitrogen and oxygen atoms in total. The van der Waals surface area contributed by atoms with Gasteiger partial charge in [0.05, 0.1) is 0 Å². The van der Waals surface area contributed by atoms with Gasteiger partial charge < -0.3 is 8.83 Å². The summed E-state index contributed by atoms with van der Waals surface area (Å²) in [7, 11) is 0. The minimum Gasteiger partial charge on any atom is -0.452 e. The van der Waals surface area contributed by atoms with Gasteiger partial charge >= 0.3 is 0 Å². The lowest BCUT2D eigenvalue weighted by molar-refractivity contribution is 0.633. The van der Waals surface area contributed by atoms with Crippen LogP contribution in [-0.2, 0) is 0 Å². The highest BCUT2D eigenvalue weighted by Crippen LogP contribution is 2.47. The van der Waals surface area contributed by atoms with Crippen molar-refractivity contribution in [3.63, 3.8) is 0 Å². The van der Waals surface area contributed by atoms with E-state index in [-0.39, 0.29) is 0 Å². The van der Waals surface area contributed by atoms with Crippen LogP contribution in [0.25, 0.3) is 120 Å². The molecule has 0 radical (unpaired) electrons. The highest BCUT2D eigenvalue weighted by atomic mass is 16.4. The monoisotopic (exact) mass is 742 g/mol. The molecule has 0 aliphatic carbocycles. The van der Waals surface area contributed by atoms with Gasteiger partial charge in [0.25, 0.3) is 0 Å². The smallest absolute Gasteiger partial charge is 0.178 e. The number of para-hydroxylation sites is 1. The van der Waals surface area contributed by atoms with Crippen molar-refractivity contribution in [1.82, 2.24) is 0 Å². The molecule has 2 heterocycles. The molecule has 2 aromatic heterocycles. The first-order valence-corrected chi connectivity index (χ1v) is 20.0. The Morgan fingerprint density at radius 3 is 1.45 bits per heavy atom. The fourth-order valence-electron chi connectivity index (χ4n) is 9.03. The summed E-state index contributed by atoms with van der Waals surface area (Å²) in [5.41, 5.74) is 10.7. The van der Waals surface area contributed by atoms with Crippen LogP contribution < -0.4 is 0 Å². The molecule has 2 heteroatoms. The van der Waals surface area contributed by atoms with E-state index in [1.54, 1.807) is 0 Å². The Hall–Kier alpha value is -7.42. The summed E-state index contributed by atoms with van der Waals surface area (Å²) in [4.78, 5) is 0. The molecular weight excluding hydrogens is 705 g/mol. The van der Waals surface area contributed by atoms with Crippen molar-refractivity contribution in [2.45, 2.75) is 13.8 Å². The second-order valence-corrected chi connectivity index (χ2v) is 15.0. The molecule has 0 bridgehead atoms. The zero-order valence-corrected chi connectivity index (χ0v) is 32.3. The minimum atomic E-state index is 0.793. The number of allylic oxidation sites excluding steroid dienone is 2. The topological polar surface area (TPSA) is 26.3 Å². The number of hydrogen-bond acceptors (Lipinski definition) is 2. The Morgan fingerprint density at radius 2 is 0.793 bits per heavy atom. The van der Waals surface area contributed by atoms with Crippen LogP contribution in [0.4, 0.5) is 0 Å². The van der Waals surface area contributed by atoms with Crippen molar-refractivity contribution < 1.29 is 8.83 Å². The van der Waals surface area contributed by atoms with Gasteiger partial charge in [-0.3, -0.25) is 0 Å². The highest BCUT2D eigenvalue weighted by molar-refractivity contribution is 6.25. The average molecular weight is 743 g/mol. The molecule has 0 saturated heterocycles. The fourth-order valence-corrected chi connectivity index (χ4v) is 9.03. The van der Waals surface area contributed by atoms with Gasteiger partial charge in [-0.15, -0.1) is 0 Å². The number of rotatable bonds is 3. The molecule has 12 rings (SSSR count). The Balaban J connectivity index is 0.000000924. The van der Waals surface area contributed by atoms with Crippen molar-refractivity contribution in [2.75, 3.05) is 0 Å². The number of fused-ring (bicyclic) bond motifs is 11. The van der Waals surface area contributed by atoms with E-state index >= 15 is 0 Å². The summed E-state index contributed by atoms with van der Waals surface area (Å²) in [5.74, 6) is 0. The molecule has 0 unspecified atom stereocenters. The lowest BCUT2D eigenvalue weighted by atomic mass is 9.83. The van der Waals surface area contributed by atoms with E-state index in [0.29, 0.717) is 0 Å². The quantitative estimate of drug-likeness (QED) is 0.133. The van der Waals surface area contributed by atoms with E-state index in [9.17, 15) is 0 Å². The third-order valence-electron chi connectivity index (χ3n) is 11.8. The van der Waals surface area contributed by atoms with Crippen LogP contribution in [0.1, 0.15) is 13.8 Å². The molecule has 0 amide bonds. The van der Waals surface area contributed by atoms with Crippen molar-refractivity contribution in [3.8, 4) is 33.4 Å². The molecule has 10 aromatic carbocycles. The molecule has 274 valence electrons. The van der Waals surface area contributed by atoms with E-state index in [1.807, 2.05) is 44.2 Å². The van der Waals surface area contributed by atoms with Crippen LogP contribution in [0.3, 0.4) is 0 Å². The summed E-state index contributed by atoms with van der Waals surface area (Å²) in [5, 5.41) is 14.3. The molecule has 0 aliphatic rings. The predicted molar refractivity (Wildman–Crippen MR) is 248 cm³/mol. The molecule has 0 atom stereocenters. The molecular formula is C56H38O2. The van der Waals surface area contributed by atoms with Gasteiger partial charge in [0, 0.05) is 21.5 Å². The lowest BCUT2D eigenvalue weighted by Gasteiger charge is -2.20. The van der Waals surface area contributed by atoms with Crippen molar-refractivity contribution in [3.05, 3.63) is 194 Å². The first kappa shape index (κ1) is 33.9. The summed E-state index contributed by atoms with van der Waals surface area (Å²) in [6, 6.07) is 65.9. The maximum Gasteiger partial charge on any atom is 0.178 e. The maximum absolute atomic E-state index is 6.50. The highest BCUT2D eigenvalue weighted by Gasteiger charge is 2.20. The molecule has 0 N–H and O–H groups in total. The Morgan fingerprint density at radius 1 is 0.310 bits per heavy atom. The third kappa shape index (κ3) is 5.26. The van der Waals surface area contributed by atoms with Crippen LogP contribution in [0, 0.1) is 0 Å². The first-order valence-electron chi connectivity index (χ1n) is 20.0. The van der Waals surface area contributed by atoms with Crippen LogP contribution >= 0.6 is 0 Å². The second kappa shape index (κ2) is 13.7. The van der Waals surface area contributed by atoms with Gasteiger partial charge in [-0.2, -0.15) is 0 Å². The molecule has 58 heavy (non-hydrogen) atoms. The van der Waals surface area contributed by atoms with Gasteiger partial charge in [0.1, 0.15) is 11.2 Å². The van der Waals surface area contributed by atoms with Gasteiger partial charge in [0.15, 0.2) is 11.2 Å². The summed E-state index contributed by atoms with van der Waals surface area (Å²) >= 11 is 0. The standard InChI is InChI=1S/C52H30O2.C4H8/c1-2-12-32-29-34(22-21-31(32)11-1)49-39-16-5-7-18-41(39)50(42-19-8-6-17-40(42)49)43-25-24-35(36-13-3-4-14-37(36)43)33-23-28-48-46(30-33)45-27-26-44-38-15-9-10-20-47(38)53-51(44)52(45)54-48;1-3-4-2/h1-30H;3-4H,1-2H3/b;4-3-. The number of hydrogen-bond donors (Lipinski definition) is 0. The van der Waals surface area contributed by atoms with E-state index < -0.39 is 0 Å². The second-order valence-electron chi connectivity index (χ2n) is 15.0. The normalized spacial score (nSPS) is 11.9. The van der Waals surface area contributed by atoms with Crippen LogP contribution in [0.15, 0.2) is 203 Å². The molecule has 0 aliphatic heterocycles. The Kier molecular flexibility index (Phi) is 7.97. The zero-order valence-electron chi connectivity index (χ0n) is 32.3. The minimum absolute atomic E-state index is 0.793. The molecule has 0 spiro atoms. The third-order valence-corrected chi connectivity index (χ3v) is 11.8. The SMILES string of the molecule is C/C=C\C.c1ccc2cc(-c3c4ccccc4c(-c4ccc(-c5ccc6oc7c(ccc8c9ccccc9oc87)c6c5)c5ccccc45)c4ccccc34)ccc2c1. The van der Waals surface area contributed by atoms with E-state index in [4.69, 9.17) is 8.83 Å². The van der Waals surface area contributed by atoms with E-state index in [2.05, 4.69) is 164 Å². The fraction of sp³-hybridized carbons (Fsp3) is 0.0357.